The van der Waals surface area contributed by atoms with Gasteiger partial charge >= 0.3 is 0 Å². The zero-order chi connectivity index (χ0) is 19.3. The molecule has 4 rings (SSSR count). The van der Waals surface area contributed by atoms with Gasteiger partial charge in [0.25, 0.3) is 0 Å². The van der Waals surface area contributed by atoms with E-state index in [-0.39, 0.29) is 0 Å². The molecule has 0 aliphatic rings. The number of nitrogens with zero attached hydrogens (tertiary/aromatic N) is 2. The third kappa shape index (κ3) is 4.07. The predicted octanol–water partition coefficient (Wildman–Crippen LogP) is 5.14. The number of para-hydroxylation sites is 2. The van der Waals surface area contributed by atoms with E-state index in [1.54, 1.807) is 0 Å². The number of benzene rings is 3. The van der Waals surface area contributed by atoms with Crippen molar-refractivity contribution in [1.82, 2.24) is 9.97 Å². The maximum absolute atomic E-state index is 5.76. The minimum absolute atomic E-state index is 0.745. The van der Waals surface area contributed by atoms with Gasteiger partial charge in [0.1, 0.15) is 0 Å². The van der Waals surface area contributed by atoms with E-state index < -0.39 is 0 Å². The average molecular weight is 364 g/mol. The van der Waals surface area contributed by atoms with Crippen molar-refractivity contribution in [2.45, 2.75) is 0 Å². The van der Waals surface area contributed by atoms with E-state index in [0.717, 1.165) is 44.9 Å². The average Bonchev–Trinajstić information content (AvgIpc) is 2.72. The van der Waals surface area contributed by atoms with Crippen molar-refractivity contribution in [3.63, 3.8) is 0 Å². The van der Waals surface area contributed by atoms with E-state index >= 15 is 0 Å². The van der Waals surface area contributed by atoms with Crippen LogP contribution in [0.25, 0.3) is 35.3 Å². The van der Waals surface area contributed by atoms with E-state index in [4.69, 9.17) is 21.4 Å². The molecule has 4 N–H and O–H groups in total. The van der Waals surface area contributed by atoms with Crippen molar-refractivity contribution in [2.24, 2.45) is 0 Å². The Kier molecular flexibility index (Phi) is 4.85. The van der Waals surface area contributed by atoms with E-state index in [0.29, 0.717) is 0 Å². The summed E-state index contributed by atoms with van der Waals surface area (Å²) in [6.45, 7) is 0. The summed E-state index contributed by atoms with van der Waals surface area (Å²) in [4.78, 5) is 9.58. The number of anilines is 2. The van der Waals surface area contributed by atoms with Gasteiger partial charge in [-0.25, -0.2) is 9.97 Å². The summed E-state index contributed by atoms with van der Waals surface area (Å²) in [7, 11) is 0. The van der Waals surface area contributed by atoms with E-state index in [9.17, 15) is 0 Å². The van der Waals surface area contributed by atoms with Gasteiger partial charge in [-0.2, -0.15) is 0 Å². The highest BCUT2D eigenvalue weighted by molar-refractivity contribution is 5.82. The van der Waals surface area contributed by atoms with Crippen molar-refractivity contribution >= 4 is 46.7 Å². The topological polar surface area (TPSA) is 77.8 Å². The molecule has 3 aromatic carbocycles. The Balaban J connectivity index is 1.73. The molecule has 4 heteroatoms. The minimum Gasteiger partial charge on any atom is -0.399 e. The van der Waals surface area contributed by atoms with Crippen LogP contribution in [-0.4, -0.2) is 9.97 Å². The molecule has 0 saturated heterocycles. The lowest BCUT2D eigenvalue weighted by molar-refractivity contribution is 1.24. The number of hydrogen-bond acceptors (Lipinski definition) is 4. The molecule has 1 aromatic heterocycles. The number of aromatic nitrogens is 2. The number of nitrogens with two attached hydrogens (primary N) is 2. The molecule has 0 spiro atoms. The summed E-state index contributed by atoms with van der Waals surface area (Å²) in [6, 6.07) is 23.3. The van der Waals surface area contributed by atoms with Gasteiger partial charge in [0.15, 0.2) is 0 Å². The Hall–Kier alpha value is -3.92. The van der Waals surface area contributed by atoms with E-state index in [1.165, 1.54) is 0 Å². The normalized spacial score (nSPS) is 11.6. The molecule has 0 aliphatic heterocycles. The fourth-order valence-electron chi connectivity index (χ4n) is 2.84. The quantitative estimate of drug-likeness (QED) is 0.492. The standard InChI is InChI=1S/C24H20N4/c25-19-11-5-17(6-12-19)9-15-23-24(16-10-18-7-13-20(26)14-8-18)28-22-4-2-1-3-21(22)27-23/h1-16H,25-26H2. The van der Waals surface area contributed by atoms with Crippen LogP contribution in [0.15, 0.2) is 72.8 Å². The molecule has 0 saturated carbocycles. The summed E-state index contributed by atoms with van der Waals surface area (Å²) >= 11 is 0. The fourth-order valence-corrected chi connectivity index (χ4v) is 2.84. The third-order valence-corrected chi connectivity index (χ3v) is 4.37. The van der Waals surface area contributed by atoms with Crippen LogP contribution >= 0.6 is 0 Å². The third-order valence-electron chi connectivity index (χ3n) is 4.37. The molecule has 0 amide bonds. The smallest absolute Gasteiger partial charge is 0.0894 e. The largest absolute Gasteiger partial charge is 0.399 e. The van der Waals surface area contributed by atoms with Crippen molar-refractivity contribution < 1.29 is 0 Å². The van der Waals surface area contributed by atoms with Gasteiger partial charge < -0.3 is 11.5 Å². The lowest BCUT2D eigenvalue weighted by Crippen LogP contribution is -1.94. The summed E-state index contributed by atoms with van der Waals surface area (Å²) < 4.78 is 0. The monoisotopic (exact) mass is 364 g/mol. The van der Waals surface area contributed by atoms with Gasteiger partial charge in [-0.3, -0.25) is 0 Å². The first-order chi connectivity index (χ1) is 13.7. The zero-order valence-corrected chi connectivity index (χ0v) is 15.3. The van der Waals surface area contributed by atoms with Crippen LogP contribution in [0.1, 0.15) is 22.5 Å². The molecular formula is C24H20N4. The second-order valence-electron chi connectivity index (χ2n) is 6.48. The highest BCUT2D eigenvalue weighted by Crippen LogP contribution is 2.18. The molecule has 28 heavy (non-hydrogen) atoms. The molecule has 0 atom stereocenters. The highest BCUT2D eigenvalue weighted by atomic mass is 14.8. The van der Waals surface area contributed by atoms with Crippen molar-refractivity contribution in [2.75, 3.05) is 11.5 Å². The number of fused-ring (bicyclic) bond motifs is 1. The van der Waals surface area contributed by atoms with Gasteiger partial charge in [-0.1, -0.05) is 48.6 Å². The molecule has 0 fully saturated rings. The number of rotatable bonds is 4. The summed E-state index contributed by atoms with van der Waals surface area (Å²) in [5.41, 5.74) is 18.5. The van der Waals surface area contributed by atoms with Crippen LogP contribution in [0.3, 0.4) is 0 Å². The Labute approximate surface area is 163 Å². The van der Waals surface area contributed by atoms with Gasteiger partial charge in [0.2, 0.25) is 0 Å². The maximum Gasteiger partial charge on any atom is 0.0894 e. The highest BCUT2D eigenvalue weighted by Gasteiger charge is 2.04. The lowest BCUT2D eigenvalue weighted by Gasteiger charge is -2.04. The predicted molar refractivity (Wildman–Crippen MR) is 119 cm³/mol. The molecular weight excluding hydrogens is 344 g/mol. The minimum atomic E-state index is 0.745. The zero-order valence-electron chi connectivity index (χ0n) is 15.3. The first kappa shape index (κ1) is 17.5. The van der Waals surface area contributed by atoms with Crippen LogP contribution < -0.4 is 11.5 Å². The first-order valence-electron chi connectivity index (χ1n) is 9.01. The summed E-state index contributed by atoms with van der Waals surface area (Å²) in [5, 5.41) is 0. The second kappa shape index (κ2) is 7.76. The number of hydrogen-bond donors (Lipinski definition) is 2. The SMILES string of the molecule is Nc1ccc(C=Cc2nc3ccccc3nc2C=Cc2ccc(N)cc2)cc1. The molecule has 4 aromatic rings. The van der Waals surface area contributed by atoms with E-state index in [1.807, 2.05) is 97.1 Å². The summed E-state index contributed by atoms with van der Waals surface area (Å²) in [6.07, 6.45) is 7.98. The van der Waals surface area contributed by atoms with E-state index in [2.05, 4.69) is 0 Å². The van der Waals surface area contributed by atoms with Gasteiger partial charge in [0.05, 0.1) is 22.4 Å². The van der Waals surface area contributed by atoms with Crippen LogP contribution in [0.2, 0.25) is 0 Å². The Morgan fingerprint density at radius 3 is 1.29 bits per heavy atom. The van der Waals surface area contributed by atoms with Crippen LogP contribution in [0.4, 0.5) is 11.4 Å². The second-order valence-corrected chi connectivity index (χ2v) is 6.48. The Bertz CT molecular complexity index is 1060. The molecule has 0 radical (unpaired) electrons. The van der Waals surface area contributed by atoms with Crippen LogP contribution in [0.5, 0.6) is 0 Å². The Morgan fingerprint density at radius 2 is 0.893 bits per heavy atom. The maximum atomic E-state index is 5.76. The first-order valence-corrected chi connectivity index (χ1v) is 9.01. The van der Waals surface area contributed by atoms with Crippen LogP contribution in [0, 0.1) is 0 Å². The fraction of sp³-hybridized carbons (Fsp3) is 0. The van der Waals surface area contributed by atoms with Gasteiger partial charge in [-0.05, 0) is 59.7 Å². The van der Waals surface area contributed by atoms with Crippen molar-refractivity contribution in [3.05, 3.63) is 95.3 Å². The molecule has 0 bridgehead atoms. The number of nitrogen functional groups attached to an aromatic ring is 2. The summed E-state index contributed by atoms with van der Waals surface area (Å²) in [5.74, 6) is 0. The van der Waals surface area contributed by atoms with Crippen molar-refractivity contribution in [1.29, 1.82) is 0 Å². The molecule has 0 unspecified atom stereocenters. The van der Waals surface area contributed by atoms with Crippen molar-refractivity contribution in [3.8, 4) is 0 Å². The molecule has 136 valence electrons. The van der Waals surface area contributed by atoms with Gasteiger partial charge in [-0.15, -0.1) is 0 Å². The van der Waals surface area contributed by atoms with Gasteiger partial charge in [0, 0.05) is 11.4 Å². The molecule has 0 aliphatic carbocycles. The lowest BCUT2D eigenvalue weighted by atomic mass is 10.1. The molecule has 4 nitrogen and oxygen atoms in total. The Morgan fingerprint density at radius 1 is 0.500 bits per heavy atom. The molecule has 1 heterocycles. The van der Waals surface area contributed by atoms with Crippen LogP contribution in [-0.2, 0) is 0 Å².